The Balaban J connectivity index is 2.03. The van der Waals surface area contributed by atoms with Crippen molar-refractivity contribution >= 4 is 0 Å². The van der Waals surface area contributed by atoms with Crippen LogP contribution >= 0.6 is 0 Å². The number of hydrogen-bond donors (Lipinski definition) is 2. The Morgan fingerprint density at radius 3 is 2.26 bits per heavy atom. The van der Waals surface area contributed by atoms with Gasteiger partial charge in [-0.25, -0.2) is 19.2 Å². The van der Waals surface area contributed by atoms with E-state index in [-0.39, 0.29) is 12.6 Å². The van der Waals surface area contributed by atoms with Gasteiger partial charge in [-0.1, -0.05) is 0 Å². The van der Waals surface area contributed by atoms with Crippen molar-refractivity contribution in [1.29, 1.82) is 0 Å². The van der Waals surface area contributed by atoms with Crippen LogP contribution in [0, 0.1) is 11.6 Å². The first-order valence-electron chi connectivity index (χ1n) is 6.44. The van der Waals surface area contributed by atoms with Crippen LogP contribution < -0.4 is 11.2 Å². The second kappa shape index (κ2) is 6.38. The molecule has 3 N–H and O–H groups in total. The first-order valence-corrected chi connectivity index (χ1v) is 6.44. The molecule has 6 heteroatoms. The van der Waals surface area contributed by atoms with Gasteiger partial charge in [0.25, 0.3) is 0 Å². The number of likely N-dealkylation sites (N-methyl/N-ethyl adjacent to an activating group) is 1. The number of halogens is 2. The minimum Gasteiger partial charge on any atom is -0.329 e. The van der Waals surface area contributed by atoms with Crippen LogP contribution in [0.1, 0.15) is 11.6 Å². The molecule has 0 spiro atoms. The molecule has 1 atom stereocenters. The summed E-state index contributed by atoms with van der Waals surface area (Å²) in [6.45, 7) is 3.94. The average molecular weight is 270 g/mol. The summed E-state index contributed by atoms with van der Waals surface area (Å²) in [4.78, 5) is 2.23. The minimum atomic E-state index is -0.575. The van der Waals surface area contributed by atoms with Crippen LogP contribution in [0.4, 0.5) is 8.78 Å². The molecule has 0 radical (unpaired) electrons. The van der Waals surface area contributed by atoms with Crippen molar-refractivity contribution in [3.05, 3.63) is 35.4 Å². The van der Waals surface area contributed by atoms with Crippen LogP contribution in [0.2, 0.25) is 0 Å². The highest BCUT2D eigenvalue weighted by molar-refractivity contribution is 5.21. The molecule has 106 valence electrons. The normalized spacial score (nSPS) is 19.6. The van der Waals surface area contributed by atoms with Crippen molar-refractivity contribution in [2.75, 3.05) is 39.8 Å². The summed E-state index contributed by atoms with van der Waals surface area (Å²) in [5.41, 5.74) is 9.49. The fourth-order valence-corrected chi connectivity index (χ4v) is 2.20. The van der Waals surface area contributed by atoms with Crippen molar-refractivity contribution < 1.29 is 8.78 Å². The van der Waals surface area contributed by atoms with Crippen molar-refractivity contribution in [2.24, 2.45) is 5.73 Å². The van der Waals surface area contributed by atoms with Crippen LogP contribution in [0.3, 0.4) is 0 Å². The molecule has 1 aliphatic rings. The Morgan fingerprint density at radius 1 is 1.16 bits per heavy atom. The second-order valence-electron chi connectivity index (χ2n) is 4.91. The molecule has 4 nitrogen and oxygen atoms in total. The fraction of sp³-hybridized carbons (Fsp3) is 0.538. The van der Waals surface area contributed by atoms with Gasteiger partial charge in [0.05, 0.1) is 6.04 Å². The third-order valence-corrected chi connectivity index (χ3v) is 3.36. The van der Waals surface area contributed by atoms with Gasteiger partial charge in [-0.3, -0.25) is 0 Å². The maximum Gasteiger partial charge on any atom is 0.126 e. The van der Waals surface area contributed by atoms with Gasteiger partial charge in [-0.15, -0.1) is 0 Å². The van der Waals surface area contributed by atoms with Gasteiger partial charge < -0.3 is 10.6 Å². The van der Waals surface area contributed by atoms with Gasteiger partial charge in [0.2, 0.25) is 0 Å². The molecule has 19 heavy (non-hydrogen) atoms. The van der Waals surface area contributed by atoms with Crippen molar-refractivity contribution in [3.8, 4) is 0 Å². The zero-order chi connectivity index (χ0) is 13.8. The van der Waals surface area contributed by atoms with E-state index in [0.29, 0.717) is 5.56 Å². The maximum absolute atomic E-state index is 13.2. The molecule has 0 amide bonds. The van der Waals surface area contributed by atoms with E-state index in [0.717, 1.165) is 32.2 Å². The lowest BCUT2D eigenvalue weighted by Crippen LogP contribution is -2.52. The molecular weight excluding hydrogens is 250 g/mol. The summed E-state index contributed by atoms with van der Waals surface area (Å²) < 4.78 is 26.5. The van der Waals surface area contributed by atoms with E-state index in [1.165, 1.54) is 12.1 Å². The summed E-state index contributed by atoms with van der Waals surface area (Å²) in [5, 5.41) is 2.06. The van der Waals surface area contributed by atoms with E-state index >= 15 is 0 Å². The average Bonchev–Trinajstić information content (AvgIpc) is 2.37. The lowest BCUT2D eigenvalue weighted by molar-refractivity contribution is 0.0879. The topological polar surface area (TPSA) is 44.5 Å². The third-order valence-electron chi connectivity index (χ3n) is 3.36. The van der Waals surface area contributed by atoms with Crippen LogP contribution in [-0.2, 0) is 0 Å². The first kappa shape index (κ1) is 14.3. The molecule has 2 rings (SSSR count). The number of hydrazine groups is 1. The van der Waals surface area contributed by atoms with E-state index in [1.807, 2.05) is 0 Å². The Hall–Kier alpha value is -1.08. The van der Waals surface area contributed by atoms with Gasteiger partial charge in [0.15, 0.2) is 0 Å². The molecule has 1 aliphatic heterocycles. The quantitative estimate of drug-likeness (QED) is 0.846. The van der Waals surface area contributed by atoms with E-state index < -0.39 is 11.6 Å². The highest BCUT2D eigenvalue weighted by Crippen LogP contribution is 2.16. The van der Waals surface area contributed by atoms with Crippen molar-refractivity contribution in [1.82, 2.24) is 15.3 Å². The van der Waals surface area contributed by atoms with Crippen molar-refractivity contribution in [2.45, 2.75) is 6.04 Å². The van der Waals surface area contributed by atoms with Crippen LogP contribution in [0.5, 0.6) is 0 Å². The molecule has 0 aliphatic carbocycles. The van der Waals surface area contributed by atoms with Gasteiger partial charge in [-0.05, 0) is 24.7 Å². The second-order valence-corrected chi connectivity index (χ2v) is 4.91. The van der Waals surface area contributed by atoms with Crippen LogP contribution in [0.15, 0.2) is 18.2 Å². The van der Waals surface area contributed by atoms with Gasteiger partial charge in [0.1, 0.15) is 11.6 Å². The number of rotatable bonds is 4. The standard InChI is InChI=1S/C13H20F2N4/c1-18-2-4-19(5-3-18)17-13(9-16)10-6-11(14)8-12(15)7-10/h6-8,13,17H,2-5,9,16H2,1H3. The predicted octanol–water partition coefficient (Wildman–Crippen LogP) is 0.717. The molecule has 1 unspecified atom stereocenters. The SMILES string of the molecule is CN1CCN(NC(CN)c2cc(F)cc(F)c2)CC1. The van der Waals surface area contributed by atoms with Crippen LogP contribution in [0.25, 0.3) is 0 Å². The molecule has 1 saturated heterocycles. The Bertz CT molecular complexity index is 399. The molecule has 1 aromatic carbocycles. The Morgan fingerprint density at radius 2 is 1.74 bits per heavy atom. The number of benzene rings is 1. The summed E-state index contributed by atoms with van der Waals surface area (Å²) in [7, 11) is 2.07. The number of nitrogens with two attached hydrogens (primary N) is 1. The van der Waals surface area contributed by atoms with E-state index in [1.54, 1.807) is 0 Å². The molecule has 1 fully saturated rings. The lowest BCUT2D eigenvalue weighted by Gasteiger charge is -2.35. The monoisotopic (exact) mass is 270 g/mol. The molecule has 1 aromatic rings. The van der Waals surface area contributed by atoms with E-state index in [9.17, 15) is 8.78 Å². The Labute approximate surface area is 112 Å². The van der Waals surface area contributed by atoms with Gasteiger partial charge >= 0.3 is 0 Å². The molecule has 0 bridgehead atoms. The highest BCUT2D eigenvalue weighted by atomic mass is 19.1. The summed E-state index contributed by atoms with van der Waals surface area (Å²) in [5.74, 6) is -1.15. The smallest absolute Gasteiger partial charge is 0.126 e. The van der Waals surface area contributed by atoms with Gasteiger partial charge in [-0.2, -0.15) is 0 Å². The van der Waals surface area contributed by atoms with Crippen molar-refractivity contribution in [3.63, 3.8) is 0 Å². The number of piperazine rings is 1. The number of nitrogens with zero attached hydrogens (tertiary/aromatic N) is 2. The first-order chi connectivity index (χ1) is 9.08. The minimum absolute atomic E-state index is 0.270. The highest BCUT2D eigenvalue weighted by Gasteiger charge is 2.18. The maximum atomic E-state index is 13.2. The molecule has 0 aromatic heterocycles. The third kappa shape index (κ3) is 3.94. The summed E-state index contributed by atoms with van der Waals surface area (Å²) in [6.07, 6.45) is 0. The van der Waals surface area contributed by atoms with E-state index in [2.05, 4.69) is 22.4 Å². The zero-order valence-corrected chi connectivity index (χ0v) is 11.1. The Kier molecular flexibility index (Phi) is 4.81. The summed E-state index contributed by atoms with van der Waals surface area (Å²) >= 11 is 0. The zero-order valence-electron chi connectivity index (χ0n) is 11.1. The van der Waals surface area contributed by atoms with Crippen LogP contribution in [-0.4, -0.2) is 49.7 Å². The molecule has 0 saturated carbocycles. The molecule has 1 heterocycles. The number of nitrogens with one attached hydrogen (secondary N) is 1. The molecular formula is C13H20F2N4. The van der Waals surface area contributed by atoms with Gasteiger partial charge in [0, 0.05) is 38.8 Å². The largest absolute Gasteiger partial charge is 0.329 e. The predicted molar refractivity (Wildman–Crippen MR) is 70.4 cm³/mol. The summed E-state index contributed by atoms with van der Waals surface area (Å²) in [6, 6.07) is 3.24. The lowest BCUT2D eigenvalue weighted by atomic mass is 10.1. The number of hydrogen-bond acceptors (Lipinski definition) is 4. The fourth-order valence-electron chi connectivity index (χ4n) is 2.20. The van der Waals surface area contributed by atoms with E-state index in [4.69, 9.17) is 5.73 Å².